The Hall–Kier alpha value is -1.09. The molecule has 0 aliphatic rings. The second kappa shape index (κ2) is 2.88. The lowest BCUT2D eigenvalue weighted by Crippen LogP contribution is -1.89. The molecule has 0 spiro atoms. The van der Waals surface area contributed by atoms with E-state index in [0.29, 0.717) is 10.8 Å². The first-order valence-electron chi connectivity index (χ1n) is 2.97. The van der Waals surface area contributed by atoms with Crippen LogP contribution in [0.2, 0.25) is 5.02 Å². The lowest BCUT2D eigenvalue weighted by Gasteiger charge is -2.04. The van der Waals surface area contributed by atoms with Crippen molar-refractivity contribution in [2.75, 3.05) is 12.8 Å². The van der Waals surface area contributed by atoms with Crippen molar-refractivity contribution in [1.29, 1.82) is 0 Å². The molecule has 3 nitrogen and oxygen atoms in total. The maximum Gasteiger partial charge on any atom is 0.143 e. The predicted octanol–water partition coefficient (Wildman–Crippen LogP) is 1.64. The summed E-state index contributed by atoms with van der Waals surface area (Å²) in [7, 11) is 1.49. The van der Waals surface area contributed by atoms with Crippen molar-refractivity contribution in [2.24, 2.45) is 0 Å². The van der Waals surface area contributed by atoms with Gasteiger partial charge in [0.15, 0.2) is 0 Å². The van der Waals surface area contributed by atoms with Gasteiger partial charge < -0.3 is 15.6 Å². The van der Waals surface area contributed by atoms with Crippen LogP contribution in [0, 0.1) is 0 Å². The third-order valence-corrected chi connectivity index (χ3v) is 1.63. The quantitative estimate of drug-likeness (QED) is 0.502. The molecule has 4 heteroatoms. The number of nitrogens with two attached hydrogens (primary N) is 1. The maximum atomic E-state index is 9.12. The van der Waals surface area contributed by atoms with Gasteiger partial charge in [0.2, 0.25) is 0 Å². The first-order chi connectivity index (χ1) is 5.15. The summed E-state index contributed by atoms with van der Waals surface area (Å²) in [5, 5.41) is 9.42. The van der Waals surface area contributed by atoms with Gasteiger partial charge in [-0.15, -0.1) is 0 Å². The third-order valence-electron chi connectivity index (χ3n) is 1.32. The lowest BCUT2D eigenvalue weighted by molar-refractivity contribution is 0.408. The molecule has 11 heavy (non-hydrogen) atoms. The van der Waals surface area contributed by atoms with Crippen LogP contribution < -0.4 is 10.5 Å². The van der Waals surface area contributed by atoms with Crippen LogP contribution in [-0.2, 0) is 0 Å². The van der Waals surface area contributed by atoms with Crippen LogP contribution in [0.15, 0.2) is 12.1 Å². The molecule has 0 amide bonds. The van der Waals surface area contributed by atoms with E-state index in [-0.39, 0.29) is 11.4 Å². The van der Waals surface area contributed by atoms with E-state index >= 15 is 0 Å². The fraction of sp³-hybridized carbons (Fsp3) is 0.143. The molecule has 0 fully saturated rings. The Labute approximate surface area is 69.3 Å². The maximum absolute atomic E-state index is 9.12. The zero-order chi connectivity index (χ0) is 8.43. The predicted molar refractivity (Wildman–Crippen MR) is 44.1 cm³/mol. The number of phenolic OH excluding ortho intramolecular Hbond substituents is 1. The molecule has 0 bridgehead atoms. The molecule has 0 aliphatic carbocycles. The number of methoxy groups -OCH3 is 1. The number of ether oxygens (including phenoxy) is 1. The van der Waals surface area contributed by atoms with Gasteiger partial charge >= 0.3 is 0 Å². The minimum absolute atomic E-state index is 0.0608. The van der Waals surface area contributed by atoms with Crippen LogP contribution in [0.5, 0.6) is 11.5 Å². The van der Waals surface area contributed by atoms with Crippen LogP contribution in [0.4, 0.5) is 5.69 Å². The molecule has 0 atom stereocenters. The van der Waals surface area contributed by atoms with Crippen LogP contribution in [-0.4, -0.2) is 12.2 Å². The average molecular weight is 174 g/mol. The molecule has 0 radical (unpaired) electrons. The number of hydrogen-bond donors (Lipinski definition) is 2. The topological polar surface area (TPSA) is 55.5 Å². The van der Waals surface area contributed by atoms with Gasteiger partial charge in [-0.1, -0.05) is 11.6 Å². The fourth-order valence-electron chi connectivity index (χ4n) is 0.697. The molecular weight excluding hydrogens is 166 g/mol. The Morgan fingerprint density at radius 1 is 1.55 bits per heavy atom. The van der Waals surface area contributed by atoms with E-state index < -0.39 is 0 Å². The number of benzene rings is 1. The highest BCUT2D eigenvalue weighted by Crippen LogP contribution is 2.32. The van der Waals surface area contributed by atoms with Crippen LogP contribution >= 0.6 is 11.6 Å². The number of aromatic hydroxyl groups is 1. The molecule has 0 aromatic heterocycles. The molecular formula is C7H8ClNO2. The molecule has 3 N–H and O–H groups in total. The summed E-state index contributed by atoms with van der Waals surface area (Å²) >= 11 is 5.63. The summed E-state index contributed by atoms with van der Waals surface area (Å²) in [6.07, 6.45) is 0. The van der Waals surface area contributed by atoms with Gasteiger partial charge in [-0.3, -0.25) is 0 Å². The molecule has 0 saturated heterocycles. The Morgan fingerprint density at radius 3 is 2.64 bits per heavy atom. The normalized spacial score (nSPS) is 9.64. The molecule has 1 rings (SSSR count). The van der Waals surface area contributed by atoms with E-state index in [4.69, 9.17) is 27.2 Å². The Bertz CT molecular complexity index is 252. The first kappa shape index (κ1) is 8.01. The molecule has 0 saturated carbocycles. The summed E-state index contributed by atoms with van der Waals surface area (Å²) in [6.45, 7) is 0. The number of hydrogen-bond acceptors (Lipinski definition) is 3. The number of anilines is 1. The van der Waals surface area contributed by atoms with E-state index in [9.17, 15) is 0 Å². The largest absolute Gasteiger partial charge is 0.506 e. The van der Waals surface area contributed by atoms with Gasteiger partial charge in [-0.05, 0) is 0 Å². The second-order valence-electron chi connectivity index (χ2n) is 2.04. The van der Waals surface area contributed by atoms with E-state index in [1.165, 1.54) is 19.2 Å². The first-order valence-corrected chi connectivity index (χ1v) is 3.35. The molecule has 1 aromatic carbocycles. The van der Waals surface area contributed by atoms with Crippen molar-refractivity contribution >= 4 is 17.3 Å². The van der Waals surface area contributed by atoms with Crippen molar-refractivity contribution in [3.63, 3.8) is 0 Å². The second-order valence-corrected chi connectivity index (χ2v) is 2.45. The van der Waals surface area contributed by atoms with Gasteiger partial charge in [0, 0.05) is 12.1 Å². The average Bonchev–Trinajstić information content (AvgIpc) is 1.99. The smallest absolute Gasteiger partial charge is 0.143 e. The zero-order valence-corrected chi connectivity index (χ0v) is 6.72. The SMILES string of the molecule is COc1cc(O)c(N)c(Cl)c1. The highest BCUT2D eigenvalue weighted by molar-refractivity contribution is 6.33. The van der Waals surface area contributed by atoms with Gasteiger partial charge in [-0.25, -0.2) is 0 Å². The minimum atomic E-state index is -0.0608. The molecule has 60 valence electrons. The van der Waals surface area contributed by atoms with E-state index in [2.05, 4.69) is 0 Å². The van der Waals surface area contributed by atoms with Crippen molar-refractivity contribution in [3.05, 3.63) is 17.2 Å². The number of halogens is 1. The van der Waals surface area contributed by atoms with Crippen molar-refractivity contribution in [3.8, 4) is 11.5 Å². The summed E-state index contributed by atoms with van der Waals surface area (Å²) in [4.78, 5) is 0. The monoisotopic (exact) mass is 173 g/mol. The summed E-state index contributed by atoms with van der Waals surface area (Å²) in [5.41, 5.74) is 5.54. The highest BCUT2D eigenvalue weighted by Gasteiger charge is 2.04. The highest BCUT2D eigenvalue weighted by atomic mass is 35.5. The number of rotatable bonds is 1. The van der Waals surface area contributed by atoms with Crippen LogP contribution in [0.3, 0.4) is 0 Å². The molecule has 0 heterocycles. The van der Waals surface area contributed by atoms with E-state index in [1.54, 1.807) is 0 Å². The van der Waals surface area contributed by atoms with Crippen molar-refractivity contribution in [1.82, 2.24) is 0 Å². The minimum Gasteiger partial charge on any atom is -0.506 e. The van der Waals surface area contributed by atoms with Crippen LogP contribution in [0.25, 0.3) is 0 Å². The Kier molecular flexibility index (Phi) is 2.10. The van der Waals surface area contributed by atoms with Gasteiger partial charge in [0.25, 0.3) is 0 Å². The van der Waals surface area contributed by atoms with E-state index in [0.717, 1.165) is 0 Å². The third kappa shape index (κ3) is 1.49. The standard InChI is InChI=1S/C7H8ClNO2/c1-11-4-2-5(8)7(9)6(10)3-4/h2-3,10H,9H2,1H3. The fourth-order valence-corrected chi connectivity index (χ4v) is 0.901. The molecule has 1 aromatic rings. The lowest BCUT2D eigenvalue weighted by atomic mass is 10.3. The van der Waals surface area contributed by atoms with Gasteiger partial charge in [0.05, 0.1) is 17.8 Å². The van der Waals surface area contributed by atoms with Crippen LogP contribution in [0.1, 0.15) is 0 Å². The Morgan fingerprint density at radius 2 is 2.18 bits per heavy atom. The summed E-state index contributed by atoms with van der Waals surface area (Å²) in [6, 6.07) is 2.94. The summed E-state index contributed by atoms with van der Waals surface area (Å²) < 4.78 is 4.83. The number of phenols is 1. The zero-order valence-electron chi connectivity index (χ0n) is 5.97. The number of nitrogen functional groups attached to an aromatic ring is 1. The molecule has 0 aliphatic heterocycles. The van der Waals surface area contributed by atoms with Gasteiger partial charge in [-0.2, -0.15) is 0 Å². The van der Waals surface area contributed by atoms with Gasteiger partial charge in [0.1, 0.15) is 11.5 Å². The summed E-state index contributed by atoms with van der Waals surface area (Å²) in [5.74, 6) is 0.427. The van der Waals surface area contributed by atoms with Crippen molar-refractivity contribution in [2.45, 2.75) is 0 Å². The van der Waals surface area contributed by atoms with E-state index in [1.807, 2.05) is 0 Å². The molecule has 0 unspecified atom stereocenters. The van der Waals surface area contributed by atoms with Crippen molar-refractivity contribution < 1.29 is 9.84 Å². The Balaban J connectivity index is 3.21.